The van der Waals surface area contributed by atoms with Crippen molar-refractivity contribution < 1.29 is 9.59 Å². The fraction of sp³-hybridized carbons (Fsp3) is 0.409. The van der Waals surface area contributed by atoms with Gasteiger partial charge < -0.3 is 15.1 Å². The molecule has 0 spiro atoms. The first kappa shape index (κ1) is 20.4. The minimum atomic E-state index is -0.0310. The normalized spacial score (nSPS) is 16.4. The Labute approximate surface area is 185 Å². The predicted molar refractivity (Wildman–Crippen MR) is 122 cm³/mol. The third-order valence-electron chi connectivity index (χ3n) is 6.19. The second kappa shape index (κ2) is 8.19. The molecule has 0 unspecified atom stereocenters. The molecule has 1 N–H and O–H groups in total. The number of hydrogen-bond acceptors (Lipinski definition) is 7. The van der Waals surface area contributed by atoms with E-state index in [9.17, 15) is 9.59 Å². The Balaban J connectivity index is 1.17. The molecule has 1 fully saturated rings. The second-order valence-corrected chi connectivity index (χ2v) is 8.28. The van der Waals surface area contributed by atoms with Gasteiger partial charge in [0.25, 0.3) is 0 Å². The lowest BCUT2D eigenvalue weighted by Gasteiger charge is -2.35. The van der Waals surface area contributed by atoms with Crippen molar-refractivity contribution >= 4 is 40.0 Å². The number of amides is 2. The number of aromatic nitrogens is 4. The van der Waals surface area contributed by atoms with Crippen molar-refractivity contribution in [1.29, 1.82) is 0 Å². The van der Waals surface area contributed by atoms with Gasteiger partial charge >= 0.3 is 0 Å². The summed E-state index contributed by atoms with van der Waals surface area (Å²) >= 11 is 0. The molecule has 2 aliphatic heterocycles. The van der Waals surface area contributed by atoms with Crippen molar-refractivity contribution in [2.75, 3.05) is 54.4 Å². The first-order chi connectivity index (χ1) is 15.5. The minimum Gasteiger partial charge on any atom is -0.353 e. The van der Waals surface area contributed by atoms with E-state index in [0.29, 0.717) is 13.1 Å². The van der Waals surface area contributed by atoms with Crippen molar-refractivity contribution in [3.05, 3.63) is 36.3 Å². The van der Waals surface area contributed by atoms with Gasteiger partial charge in [0.1, 0.15) is 12.1 Å². The summed E-state index contributed by atoms with van der Waals surface area (Å²) in [7, 11) is 1.87. The van der Waals surface area contributed by atoms with E-state index in [1.54, 1.807) is 29.0 Å². The van der Waals surface area contributed by atoms with E-state index in [2.05, 4.69) is 30.2 Å². The zero-order valence-corrected chi connectivity index (χ0v) is 18.3. The molecule has 10 heteroatoms. The summed E-state index contributed by atoms with van der Waals surface area (Å²) in [6.07, 6.45) is 4.19. The summed E-state index contributed by atoms with van der Waals surface area (Å²) < 4.78 is 1.75. The summed E-state index contributed by atoms with van der Waals surface area (Å²) in [5, 5.41) is 8.23. The number of hydrogen-bond donors (Lipinski definition) is 1. The number of benzene rings is 1. The van der Waals surface area contributed by atoms with Crippen molar-refractivity contribution in [3.63, 3.8) is 0 Å². The van der Waals surface area contributed by atoms with Gasteiger partial charge in [-0.15, -0.1) is 0 Å². The molecule has 0 atom stereocenters. The van der Waals surface area contributed by atoms with Crippen molar-refractivity contribution in [2.24, 2.45) is 7.05 Å². The number of rotatable bonds is 4. The van der Waals surface area contributed by atoms with Crippen LogP contribution in [0.4, 0.5) is 17.2 Å². The molecule has 2 aromatic heterocycles. The molecule has 166 valence electrons. The Kier molecular flexibility index (Phi) is 5.22. The first-order valence-corrected chi connectivity index (χ1v) is 10.8. The topological polar surface area (TPSA) is 99.5 Å². The van der Waals surface area contributed by atoms with E-state index in [1.165, 1.54) is 0 Å². The quantitative estimate of drug-likeness (QED) is 0.655. The van der Waals surface area contributed by atoms with Gasteiger partial charge in [-0.25, -0.2) is 9.97 Å². The molecule has 1 saturated heterocycles. The second-order valence-electron chi connectivity index (χ2n) is 8.28. The lowest BCUT2D eigenvalue weighted by Crippen LogP contribution is -2.49. The number of fused-ring (bicyclic) bond motifs is 2. The summed E-state index contributed by atoms with van der Waals surface area (Å²) in [5.41, 5.74) is 3.63. The maximum absolute atomic E-state index is 12.6. The number of aryl methyl sites for hydroxylation is 1. The SMILES string of the molecule is CC(=O)N1CCc2cc(NC(=O)CN3CCN(c4ncnc5c4cnn5C)CC3)ccc21. The van der Waals surface area contributed by atoms with Gasteiger partial charge in [0.2, 0.25) is 11.8 Å². The number of nitrogens with one attached hydrogen (secondary N) is 1. The number of piperazine rings is 1. The van der Waals surface area contributed by atoms with E-state index >= 15 is 0 Å². The van der Waals surface area contributed by atoms with Crippen LogP contribution in [0.3, 0.4) is 0 Å². The van der Waals surface area contributed by atoms with E-state index in [4.69, 9.17) is 0 Å². The van der Waals surface area contributed by atoms with Gasteiger partial charge in [0.15, 0.2) is 5.65 Å². The molecule has 0 radical (unpaired) electrons. The molecular formula is C22H26N8O2. The van der Waals surface area contributed by atoms with Crippen molar-refractivity contribution in [3.8, 4) is 0 Å². The Morgan fingerprint density at radius 2 is 1.91 bits per heavy atom. The molecule has 2 aliphatic rings. The summed E-state index contributed by atoms with van der Waals surface area (Å²) in [5.74, 6) is 0.910. The van der Waals surface area contributed by atoms with Gasteiger partial charge in [0, 0.05) is 58.1 Å². The third kappa shape index (κ3) is 3.77. The predicted octanol–water partition coefficient (Wildman–Crippen LogP) is 1.03. The Hall–Kier alpha value is -3.53. The lowest BCUT2D eigenvalue weighted by atomic mass is 10.1. The fourth-order valence-electron chi connectivity index (χ4n) is 4.53. The van der Waals surface area contributed by atoms with Crippen molar-refractivity contribution in [1.82, 2.24) is 24.6 Å². The largest absolute Gasteiger partial charge is 0.353 e. The number of carbonyl (C=O) groups excluding carboxylic acids is 2. The molecule has 3 aromatic rings. The molecule has 5 rings (SSSR count). The van der Waals surface area contributed by atoms with Crippen LogP contribution >= 0.6 is 0 Å². The first-order valence-electron chi connectivity index (χ1n) is 10.8. The average molecular weight is 435 g/mol. The van der Waals surface area contributed by atoms with Crippen LogP contribution in [0, 0.1) is 0 Å². The monoisotopic (exact) mass is 434 g/mol. The molecule has 1 aromatic carbocycles. The van der Waals surface area contributed by atoms with Gasteiger partial charge in [-0.3, -0.25) is 19.2 Å². The summed E-state index contributed by atoms with van der Waals surface area (Å²) in [4.78, 5) is 39.3. The van der Waals surface area contributed by atoms with E-state index in [1.807, 2.05) is 25.2 Å². The number of carbonyl (C=O) groups is 2. The summed E-state index contributed by atoms with van der Waals surface area (Å²) in [6, 6.07) is 5.76. The van der Waals surface area contributed by atoms with Crippen LogP contribution in [0.2, 0.25) is 0 Å². The van der Waals surface area contributed by atoms with Crippen LogP contribution in [0.5, 0.6) is 0 Å². The van der Waals surface area contributed by atoms with E-state index in [-0.39, 0.29) is 11.8 Å². The zero-order chi connectivity index (χ0) is 22.2. The molecular weight excluding hydrogens is 408 g/mol. The average Bonchev–Trinajstić information content (AvgIpc) is 3.38. The van der Waals surface area contributed by atoms with Crippen LogP contribution in [-0.4, -0.2) is 75.7 Å². The zero-order valence-electron chi connectivity index (χ0n) is 18.3. The highest BCUT2D eigenvalue weighted by atomic mass is 16.2. The van der Waals surface area contributed by atoms with Gasteiger partial charge in [-0.1, -0.05) is 0 Å². The van der Waals surface area contributed by atoms with Crippen LogP contribution < -0.4 is 15.1 Å². The van der Waals surface area contributed by atoms with E-state index < -0.39 is 0 Å². The number of nitrogens with zero attached hydrogens (tertiary/aromatic N) is 7. The highest BCUT2D eigenvalue weighted by molar-refractivity contribution is 5.96. The molecule has 10 nitrogen and oxygen atoms in total. The third-order valence-corrected chi connectivity index (χ3v) is 6.19. The highest BCUT2D eigenvalue weighted by Crippen LogP contribution is 2.30. The standard InChI is InChI=1S/C22H26N8O2/c1-15(31)30-6-5-16-11-17(3-4-19(16)30)26-20(32)13-28-7-9-29(10-8-28)22-18-12-25-27(2)21(18)23-14-24-22/h3-4,11-12,14H,5-10,13H2,1-2H3,(H,26,32). The van der Waals surface area contributed by atoms with Crippen LogP contribution in [-0.2, 0) is 23.1 Å². The minimum absolute atomic E-state index is 0.0310. The van der Waals surface area contributed by atoms with Crippen molar-refractivity contribution in [2.45, 2.75) is 13.3 Å². The molecule has 0 saturated carbocycles. The Bertz CT molecular complexity index is 1180. The fourth-order valence-corrected chi connectivity index (χ4v) is 4.53. The summed E-state index contributed by atoms with van der Waals surface area (Å²) in [6.45, 7) is 5.74. The molecule has 4 heterocycles. The maximum atomic E-state index is 12.6. The smallest absolute Gasteiger partial charge is 0.238 e. The molecule has 2 amide bonds. The van der Waals surface area contributed by atoms with Crippen LogP contribution in [0.25, 0.3) is 11.0 Å². The molecule has 0 bridgehead atoms. The Morgan fingerprint density at radius 1 is 1.09 bits per heavy atom. The molecule has 0 aliphatic carbocycles. The van der Waals surface area contributed by atoms with Gasteiger partial charge in [-0.05, 0) is 30.2 Å². The number of anilines is 3. The van der Waals surface area contributed by atoms with E-state index in [0.717, 1.165) is 66.4 Å². The lowest BCUT2D eigenvalue weighted by molar-refractivity contribution is -0.117. The maximum Gasteiger partial charge on any atom is 0.238 e. The molecule has 32 heavy (non-hydrogen) atoms. The van der Waals surface area contributed by atoms with Gasteiger partial charge in [0.05, 0.1) is 18.1 Å². The van der Waals surface area contributed by atoms with Gasteiger partial charge in [-0.2, -0.15) is 5.10 Å². The highest BCUT2D eigenvalue weighted by Gasteiger charge is 2.24. The van der Waals surface area contributed by atoms with Crippen LogP contribution in [0.15, 0.2) is 30.7 Å². The van der Waals surface area contributed by atoms with Crippen LogP contribution in [0.1, 0.15) is 12.5 Å². The Morgan fingerprint density at radius 3 is 2.69 bits per heavy atom.